The molecule has 1 aromatic carbocycles. The van der Waals surface area contributed by atoms with Crippen molar-refractivity contribution in [1.29, 1.82) is 0 Å². The molecule has 1 fully saturated rings. The topological polar surface area (TPSA) is 67.1 Å². The van der Waals surface area contributed by atoms with Crippen LogP contribution < -0.4 is 5.43 Å². The Morgan fingerprint density at radius 2 is 1.89 bits per heavy atom. The van der Waals surface area contributed by atoms with Gasteiger partial charge in [0, 0.05) is 18.8 Å². The van der Waals surface area contributed by atoms with Crippen LogP contribution in [-0.4, -0.2) is 43.3 Å². The van der Waals surface area contributed by atoms with E-state index in [4.69, 9.17) is 9.15 Å². The molecule has 0 unspecified atom stereocenters. The minimum Gasteiger partial charge on any atom is -0.459 e. The van der Waals surface area contributed by atoms with Gasteiger partial charge >= 0.3 is 5.91 Å². The summed E-state index contributed by atoms with van der Waals surface area (Å²) in [7, 11) is 0. The zero-order valence-electron chi connectivity index (χ0n) is 15.6. The lowest BCUT2D eigenvalue weighted by Gasteiger charge is -2.31. The summed E-state index contributed by atoms with van der Waals surface area (Å²) in [5.74, 6) is -0.108. The molecule has 1 aliphatic heterocycles. The van der Waals surface area contributed by atoms with Crippen molar-refractivity contribution in [3.63, 3.8) is 0 Å². The number of furan rings is 1. The van der Waals surface area contributed by atoms with Gasteiger partial charge < -0.3 is 14.1 Å². The molecule has 2 aliphatic rings. The van der Waals surface area contributed by atoms with Crippen molar-refractivity contribution in [2.24, 2.45) is 5.10 Å². The first-order valence-electron chi connectivity index (χ1n) is 9.50. The van der Waals surface area contributed by atoms with E-state index in [0.717, 1.165) is 44.7 Å². The van der Waals surface area contributed by atoms with Crippen molar-refractivity contribution in [3.8, 4) is 0 Å². The average molecular weight is 377 g/mol. The number of allylic oxidation sites excluding steroid dienone is 2. The highest BCUT2D eigenvalue weighted by Gasteiger charge is 2.25. The van der Waals surface area contributed by atoms with Crippen LogP contribution in [0.3, 0.4) is 0 Å². The number of ether oxygens (including phenoxy) is 1. The van der Waals surface area contributed by atoms with Gasteiger partial charge in [-0.15, -0.1) is 0 Å². The summed E-state index contributed by atoms with van der Waals surface area (Å²) >= 11 is 0. The maximum absolute atomic E-state index is 12.0. The zero-order valence-corrected chi connectivity index (χ0v) is 15.6. The molecule has 2 aromatic rings. The van der Waals surface area contributed by atoms with Crippen molar-refractivity contribution in [2.45, 2.75) is 12.8 Å². The van der Waals surface area contributed by atoms with E-state index in [0.29, 0.717) is 0 Å². The lowest BCUT2D eigenvalue weighted by atomic mass is 10.1. The molecular weight excluding hydrogens is 354 g/mol. The van der Waals surface area contributed by atoms with Crippen molar-refractivity contribution < 1.29 is 13.9 Å². The molecule has 0 bridgehead atoms. The summed E-state index contributed by atoms with van der Waals surface area (Å²) in [6.07, 6.45) is 7.32. The Kier molecular flexibility index (Phi) is 5.68. The van der Waals surface area contributed by atoms with Crippen molar-refractivity contribution >= 4 is 18.2 Å². The van der Waals surface area contributed by atoms with Crippen LogP contribution in [0.5, 0.6) is 0 Å². The van der Waals surface area contributed by atoms with Crippen molar-refractivity contribution in [3.05, 3.63) is 76.9 Å². The van der Waals surface area contributed by atoms with Crippen LogP contribution in [0.25, 0.3) is 6.08 Å². The summed E-state index contributed by atoms with van der Waals surface area (Å²) in [6, 6.07) is 13.6. The molecule has 1 N–H and O–H groups in total. The largest absolute Gasteiger partial charge is 0.459 e. The van der Waals surface area contributed by atoms with Gasteiger partial charge in [-0.3, -0.25) is 4.79 Å². The van der Waals surface area contributed by atoms with E-state index in [-0.39, 0.29) is 11.7 Å². The molecule has 2 heterocycles. The summed E-state index contributed by atoms with van der Waals surface area (Å²) in [5.41, 5.74) is 7.37. The van der Waals surface area contributed by atoms with Gasteiger partial charge in [-0.05, 0) is 47.8 Å². The van der Waals surface area contributed by atoms with Crippen LogP contribution in [0.15, 0.2) is 75.1 Å². The van der Waals surface area contributed by atoms with Crippen LogP contribution in [-0.2, 0) is 4.74 Å². The minimum absolute atomic E-state index is 0.246. The molecule has 0 radical (unpaired) electrons. The fourth-order valence-corrected chi connectivity index (χ4v) is 3.55. The third-order valence-corrected chi connectivity index (χ3v) is 4.87. The number of benzene rings is 1. The van der Waals surface area contributed by atoms with Crippen LogP contribution in [0.4, 0.5) is 0 Å². The molecule has 4 rings (SSSR count). The Balaban J connectivity index is 1.57. The Bertz CT molecular complexity index is 892. The lowest BCUT2D eigenvalue weighted by molar-refractivity contribution is 0.0548. The number of nitrogens with one attached hydrogen (secondary N) is 1. The lowest BCUT2D eigenvalue weighted by Crippen LogP contribution is -2.36. The molecule has 6 heteroatoms. The van der Waals surface area contributed by atoms with Crippen LogP contribution in [0, 0.1) is 0 Å². The van der Waals surface area contributed by atoms with Crippen LogP contribution >= 0.6 is 0 Å². The summed E-state index contributed by atoms with van der Waals surface area (Å²) in [6.45, 7) is 3.17. The number of rotatable bonds is 5. The Morgan fingerprint density at radius 3 is 2.64 bits per heavy atom. The quantitative estimate of drug-likeness (QED) is 0.640. The molecule has 144 valence electrons. The maximum Gasteiger partial charge on any atom is 0.307 e. The summed E-state index contributed by atoms with van der Waals surface area (Å²) < 4.78 is 10.6. The second kappa shape index (κ2) is 8.71. The molecule has 0 saturated carbocycles. The number of hydrazone groups is 1. The molecule has 1 aromatic heterocycles. The number of carbonyl (C=O) groups excluding carboxylic acids is 1. The Labute approximate surface area is 164 Å². The minimum atomic E-state index is -0.354. The smallest absolute Gasteiger partial charge is 0.307 e. The third kappa shape index (κ3) is 4.23. The van der Waals surface area contributed by atoms with Crippen LogP contribution in [0.1, 0.15) is 29.0 Å². The van der Waals surface area contributed by atoms with Gasteiger partial charge in [0.25, 0.3) is 0 Å². The van der Waals surface area contributed by atoms with Gasteiger partial charge in [0.05, 0.1) is 25.7 Å². The van der Waals surface area contributed by atoms with E-state index in [1.807, 2.05) is 18.2 Å². The monoisotopic (exact) mass is 377 g/mol. The van der Waals surface area contributed by atoms with E-state index in [9.17, 15) is 4.79 Å². The van der Waals surface area contributed by atoms with Gasteiger partial charge in [0.1, 0.15) is 0 Å². The third-order valence-electron chi connectivity index (χ3n) is 4.87. The number of amides is 1. The van der Waals surface area contributed by atoms with Gasteiger partial charge in [-0.2, -0.15) is 5.10 Å². The molecule has 28 heavy (non-hydrogen) atoms. The van der Waals surface area contributed by atoms with E-state index >= 15 is 0 Å². The zero-order chi connectivity index (χ0) is 19.2. The molecule has 0 spiro atoms. The highest BCUT2D eigenvalue weighted by Crippen LogP contribution is 2.34. The highest BCUT2D eigenvalue weighted by atomic mass is 16.5. The molecule has 0 atom stereocenters. The number of nitrogens with zero attached hydrogens (tertiary/aromatic N) is 2. The van der Waals surface area contributed by atoms with E-state index in [1.54, 1.807) is 18.3 Å². The first-order chi connectivity index (χ1) is 13.8. The van der Waals surface area contributed by atoms with E-state index in [2.05, 4.69) is 33.6 Å². The second-order valence-electron chi connectivity index (χ2n) is 6.73. The normalized spacial score (nSPS) is 19.0. The molecule has 1 saturated heterocycles. The van der Waals surface area contributed by atoms with Crippen molar-refractivity contribution in [1.82, 2.24) is 10.3 Å². The second-order valence-corrected chi connectivity index (χ2v) is 6.73. The van der Waals surface area contributed by atoms with E-state index < -0.39 is 0 Å². The molecule has 1 aliphatic carbocycles. The number of hydrogen-bond donors (Lipinski definition) is 1. The molecular formula is C22H23N3O3. The maximum atomic E-state index is 12.0. The average Bonchev–Trinajstić information content (AvgIpc) is 3.40. The Hall–Kier alpha value is -3.12. The first-order valence-corrected chi connectivity index (χ1v) is 9.50. The van der Waals surface area contributed by atoms with Gasteiger partial charge in [0.2, 0.25) is 0 Å². The van der Waals surface area contributed by atoms with E-state index in [1.165, 1.54) is 23.1 Å². The standard InChI is InChI=1S/C22H23N3O3/c26-22(20-7-4-12-28-20)24-23-16-19-9-8-18(15-17-5-2-1-3-6-17)21(19)25-10-13-27-14-11-25/h1-7,12,15-16H,8-11,13-14H2,(H,24,26)/b18-15+,23-16-. The first kappa shape index (κ1) is 18.3. The Morgan fingerprint density at radius 1 is 1.07 bits per heavy atom. The van der Waals surface area contributed by atoms with Gasteiger partial charge in [-0.25, -0.2) is 5.43 Å². The van der Waals surface area contributed by atoms with Gasteiger partial charge in [0.15, 0.2) is 5.76 Å². The molecule has 6 nitrogen and oxygen atoms in total. The predicted octanol–water partition coefficient (Wildman–Crippen LogP) is 3.46. The number of hydrogen-bond acceptors (Lipinski definition) is 5. The fourth-order valence-electron chi connectivity index (χ4n) is 3.55. The SMILES string of the molecule is O=C(N/N=C\C1=C(N2CCOCC2)C(=C/c2ccccc2)/CC1)c1ccco1. The molecule has 1 amide bonds. The predicted molar refractivity (Wildman–Crippen MR) is 108 cm³/mol. The number of carbonyl (C=O) groups is 1. The van der Waals surface area contributed by atoms with Gasteiger partial charge in [-0.1, -0.05) is 30.3 Å². The van der Waals surface area contributed by atoms with Crippen molar-refractivity contribution in [2.75, 3.05) is 26.3 Å². The summed E-state index contributed by atoms with van der Waals surface area (Å²) in [4.78, 5) is 14.4. The van der Waals surface area contributed by atoms with Crippen LogP contribution in [0.2, 0.25) is 0 Å². The number of morpholine rings is 1. The highest BCUT2D eigenvalue weighted by molar-refractivity contribution is 5.92. The fraction of sp³-hybridized carbons (Fsp3) is 0.273. The summed E-state index contributed by atoms with van der Waals surface area (Å²) in [5, 5.41) is 4.17.